The molecule has 1 aliphatic carbocycles. The van der Waals surface area contributed by atoms with Crippen molar-refractivity contribution in [2.75, 3.05) is 43.1 Å². The van der Waals surface area contributed by atoms with Gasteiger partial charge in [0.1, 0.15) is 6.04 Å². The molecule has 0 bridgehead atoms. The lowest BCUT2D eigenvalue weighted by molar-refractivity contribution is -0.137. The summed E-state index contributed by atoms with van der Waals surface area (Å²) in [6.07, 6.45) is 3.62. The SMILES string of the molecule is O=C(Nc1cccc(N2CCOCC2)c1)C1CCCN1C(=O)C1CC1. The van der Waals surface area contributed by atoms with E-state index in [1.54, 1.807) is 4.90 Å². The molecule has 1 aromatic rings. The van der Waals surface area contributed by atoms with Crippen molar-refractivity contribution in [1.29, 1.82) is 0 Å². The largest absolute Gasteiger partial charge is 0.378 e. The first-order chi connectivity index (χ1) is 12.2. The average molecular weight is 343 g/mol. The van der Waals surface area contributed by atoms with Gasteiger partial charge in [-0.15, -0.1) is 0 Å². The topological polar surface area (TPSA) is 61.9 Å². The minimum Gasteiger partial charge on any atom is -0.378 e. The Labute approximate surface area is 148 Å². The van der Waals surface area contributed by atoms with Gasteiger partial charge < -0.3 is 19.9 Å². The summed E-state index contributed by atoms with van der Waals surface area (Å²) in [5.74, 6) is 0.267. The van der Waals surface area contributed by atoms with Crippen LogP contribution >= 0.6 is 0 Å². The first-order valence-electron chi connectivity index (χ1n) is 9.26. The van der Waals surface area contributed by atoms with E-state index in [1.165, 1.54) is 0 Å². The maximum Gasteiger partial charge on any atom is 0.247 e. The van der Waals surface area contributed by atoms with Crippen molar-refractivity contribution in [3.63, 3.8) is 0 Å². The zero-order valence-electron chi connectivity index (χ0n) is 14.4. The van der Waals surface area contributed by atoms with Crippen molar-refractivity contribution in [2.24, 2.45) is 5.92 Å². The van der Waals surface area contributed by atoms with Crippen LogP contribution in [0.3, 0.4) is 0 Å². The third-order valence-electron chi connectivity index (χ3n) is 5.26. The summed E-state index contributed by atoms with van der Waals surface area (Å²) in [5.41, 5.74) is 1.89. The van der Waals surface area contributed by atoms with Crippen LogP contribution in [-0.4, -0.2) is 55.6 Å². The molecule has 1 unspecified atom stereocenters. The number of morpholine rings is 1. The highest BCUT2D eigenvalue weighted by molar-refractivity contribution is 5.98. The minimum absolute atomic E-state index is 0.0642. The Balaban J connectivity index is 1.42. The highest BCUT2D eigenvalue weighted by Gasteiger charge is 2.40. The second-order valence-corrected chi connectivity index (χ2v) is 7.10. The maximum atomic E-state index is 12.7. The van der Waals surface area contributed by atoms with E-state index in [4.69, 9.17) is 4.74 Å². The second-order valence-electron chi connectivity index (χ2n) is 7.10. The summed E-state index contributed by atoms with van der Waals surface area (Å²) >= 11 is 0. The number of benzene rings is 1. The van der Waals surface area contributed by atoms with Crippen molar-refractivity contribution >= 4 is 23.2 Å². The molecular weight excluding hydrogens is 318 g/mol. The van der Waals surface area contributed by atoms with Gasteiger partial charge in [-0.05, 0) is 43.9 Å². The Bertz CT molecular complexity index is 653. The van der Waals surface area contributed by atoms with E-state index in [0.717, 1.165) is 63.4 Å². The van der Waals surface area contributed by atoms with Crippen LogP contribution in [0.2, 0.25) is 0 Å². The summed E-state index contributed by atoms with van der Waals surface area (Å²) in [7, 11) is 0. The number of amides is 2. The zero-order valence-corrected chi connectivity index (χ0v) is 14.4. The standard InChI is InChI=1S/C19H25N3O3/c23-18(17-5-2-8-22(17)19(24)14-6-7-14)20-15-3-1-4-16(13-15)21-9-11-25-12-10-21/h1,3-4,13-14,17H,2,5-12H2,(H,20,23). The van der Waals surface area contributed by atoms with E-state index >= 15 is 0 Å². The molecule has 6 heteroatoms. The molecule has 3 fully saturated rings. The molecular formula is C19H25N3O3. The summed E-state index contributed by atoms with van der Waals surface area (Å²) in [6.45, 7) is 3.91. The first-order valence-corrected chi connectivity index (χ1v) is 9.26. The fourth-order valence-corrected chi connectivity index (χ4v) is 3.70. The summed E-state index contributed by atoms with van der Waals surface area (Å²) in [6, 6.07) is 7.61. The number of carbonyl (C=O) groups is 2. The number of carbonyl (C=O) groups excluding carboxylic acids is 2. The highest BCUT2D eigenvalue weighted by atomic mass is 16.5. The van der Waals surface area contributed by atoms with Crippen LogP contribution in [0.1, 0.15) is 25.7 Å². The van der Waals surface area contributed by atoms with Crippen LogP contribution in [0.25, 0.3) is 0 Å². The van der Waals surface area contributed by atoms with E-state index in [2.05, 4.69) is 16.3 Å². The quantitative estimate of drug-likeness (QED) is 0.906. The smallest absolute Gasteiger partial charge is 0.247 e. The van der Waals surface area contributed by atoms with E-state index in [-0.39, 0.29) is 23.8 Å². The lowest BCUT2D eigenvalue weighted by atomic mass is 10.2. The monoisotopic (exact) mass is 343 g/mol. The van der Waals surface area contributed by atoms with Gasteiger partial charge in [0.2, 0.25) is 11.8 Å². The van der Waals surface area contributed by atoms with Crippen molar-refractivity contribution in [2.45, 2.75) is 31.7 Å². The van der Waals surface area contributed by atoms with Gasteiger partial charge in [-0.1, -0.05) is 6.07 Å². The maximum absolute atomic E-state index is 12.7. The van der Waals surface area contributed by atoms with Crippen LogP contribution < -0.4 is 10.2 Å². The van der Waals surface area contributed by atoms with Crippen molar-refractivity contribution < 1.29 is 14.3 Å². The molecule has 1 aromatic carbocycles. The lowest BCUT2D eigenvalue weighted by Gasteiger charge is -2.29. The predicted molar refractivity (Wildman–Crippen MR) is 95.6 cm³/mol. The molecule has 2 heterocycles. The molecule has 0 aromatic heterocycles. The summed E-state index contributed by atoms with van der Waals surface area (Å²) in [4.78, 5) is 29.1. The van der Waals surface area contributed by atoms with Crippen LogP contribution in [0.4, 0.5) is 11.4 Å². The number of rotatable bonds is 4. The number of anilines is 2. The van der Waals surface area contributed by atoms with E-state index in [1.807, 2.05) is 18.2 Å². The molecule has 2 aliphatic heterocycles. The minimum atomic E-state index is -0.319. The number of likely N-dealkylation sites (tertiary alicyclic amines) is 1. The van der Waals surface area contributed by atoms with Crippen molar-refractivity contribution in [1.82, 2.24) is 4.90 Å². The number of hydrogen-bond donors (Lipinski definition) is 1. The van der Waals surface area contributed by atoms with Crippen LogP contribution in [0.15, 0.2) is 24.3 Å². The molecule has 1 saturated carbocycles. The third-order valence-corrected chi connectivity index (χ3v) is 5.26. The van der Waals surface area contributed by atoms with Gasteiger partial charge in [-0.25, -0.2) is 0 Å². The van der Waals surface area contributed by atoms with Gasteiger partial charge in [0.05, 0.1) is 13.2 Å². The number of hydrogen-bond acceptors (Lipinski definition) is 4. The number of ether oxygens (including phenoxy) is 1. The van der Waals surface area contributed by atoms with E-state index in [9.17, 15) is 9.59 Å². The third kappa shape index (κ3) is 3.63. The first kappa shape index (κ1) is 16.4. The molecule has 1 atom stereocenters. The van der Waals surface area contributed by atoms with E-state index < -0.39 is 0 Å². The molecule has 134 valence electrons. The Morgan fingerprint density at radius 1 is 1.08 bits per heavy atom. The van der Waals surface area contributed by atoms with Crippen LogP contribution in [0, 0.1) is 5.92 Å². The normalized spacial score (nSPS) is 23.6. The van der Waals surface area contributed by atoms with Crippen LogP contribution in [0.5, 0.6) is 0 Å². The molecule has 25 heavy (non-hydrogen) atoms. The van der Waals surface area contributed by atoms with Crippen molar-refractivity contribution in [3.05, 3.63) is 24.3 Å². The average Bonchev–Trinajstić information content (AvgIpc) is 3.38. The summed E-state index contributed by atoms with van der Waals surface area (Å²) < 4.78 is 5.39. The van der Waals surface area contributed by atoms with Gasteiger partial charge in [-0.2, -0.15) is 0 Å². The predicted octanol–water partition coefficient (Wildman–Crippen LogP) is 1.86. The second kappa shape index (κ2) is 7.04. The molecule has 0 radical (unpaired) electrons. The fourth-order valence-electron chi connectivity index (χ4n) is 3.70. The van der Waals surface area contributed by atoms with Gasteiger partial charge in [-0.3, -0.25) is 9.59 Å². The Hall–Kier alpha value is -2.08. The highest BCUT2D eigenvalue weighted by Crippen LogP contribution is 2.34. The zero-order chi connectivity index (χ0) is 17.2. The number of nitrogens with zero attached hydrogens (tertiary/aromatic N) is 2. The molecule has 0 spiro atoms. The molecule has 3 aliphatic rings. The summed E-state index contributed by atoms with van der Waals surface area (Å²) in [5, 5.41) is 3.02. The number of nitrogens with one attached hydrogen (secondary N) is 1. The van der Waals surface area contributed by atoms with Gasteiger partial charge >= 0.3 is 0 Å². The Morgan fingerprint density at radius 3 is 2.64 bits per heavy atom. The molecule has 2 amide bonds. The Kier molecular flexibility index (Phi) is 4.61. The fraction of sp³-hybridized carbons (Fsp3) is 0.579. The van der Waals surface area contributed by atoms with E-state index in [0.29, 0.717) is 6.54 Å². The van der Waals surface area contributed by atoms with Gasteiger partial charge in [0.15, 0.2) is 0 Å². The van der Waals surface area contributed by atoms with Crippen LogP contribution in [-0.2, 0) is 14.3 Å². The van der Waals surface area contributed by atoms with Gasteiger partial charge in [0, 0.05) is 36.9 Å². The Morgan fingerprint density at radius 2 is 1.88 bits per heavy atom. The van der Waals surface area contributed by atoms with Gasteiger partial charge in [0.25, 0.3) is 0 Å². The molecule has 4 rings (SSSR count). The lowest BCUT2D eigenvalue weighted by Crippen LogP contribution is -2.43. The van der Waals surface area contributed by atoms with Crippen molar-refractivity contribution in [3.8, 4) is 0 Å². The molecule has 6 nitrogen and oxygen atoms in total. The molecule has 1 N–H and O–H groups in total. The molecule has 2 saturated heterocycles.